The van der Waals surface area contributed by atoms with E-state index in [4.69, 9.17) is 5.11 Å². The molecule has 1 aliphatic rings. The van der Waals surface area contributed by atoms with E-state index in [1.54, 1.807) is 0 Å². The van der Waals surface area contributed by atoms with Crippen molar-refractivity contribution in [2.24, 2.45) is 5.92 Å². The second-order valence-corrected chi connectivity index (χ2v) is 4.60. The van der Waals surface area contributed by atoms with E-state index in [9.17, 15) is 4.79 Å². The average molecular weight is 235 g/mol. The number of carboxylic acid groups (broad SMARTS) is 1. The number of carbonyl (C=O) groups is 1. The molecule has 1 saturated heterocycles. The highest BCUT2D eigenvalue weighted by atomic mass is 16.4. The van der Waals surface area contributed by atoms with Gasteiger partial charge in [0.15, 0.2) is 5.69 Å². The average Bonchev–Trinajstić information content (AvgIpc) is 2.33. The monoisotopic (exact) mass is 235 g/mol. The summed E-state index contributed by atoms with van der Waals surface area (Å²) in [6.45, 7) is 5.24. The van der Waals surface area contributed by atoms with Crippen LogP contribution >= 0.6 is 0 Å². The van der Waals surface area contributed by atoms with Crippen molar-refractivity contribution < 1.29 is 9.90 Å². The molecule has 2 heterocycles. The Balaban J connectivity index is 2.26. The predicted octanol–water partition coefficient (Wildman–Crippen LogP) is 1.80. The predicted molar refractivity (Wildman–Crippen MR) is 64.2 cm³/mol. The Kier molecular flexibility index (Phi) is 3.26. The van der Waals surface area contributed by atoms with Gasteiger partial charge >= 0.3 is 5.97 Å². The molecule has 0 amide bonds. The maximum atomic E-state index is 10.9. The van der Waals surface area contributed by atoms with Crippen LogP contribution in [-0.2, 0) is 0 Å². The van der Waals surface area contributed by atoms with Gasteiger partial charge in [0.05, 0.1) is 0 Å². The van der Waals surface area contributed by atoms with Crippen molar-refractivity contribution in [2.75, 3.05) is 11.4 Å². The standard InChI is InChI=1S/C12H17N3O2/c1-8-4-3-7-15(9(8)2)12-13-6-5-10(14-12)11(16)17/h5-6,8-9H,3-4,7H2,1-2H3,(H,16,17). The number of aromatic nitrogens is 2. The first-order chi connectivity index (χ1) is 8.09. The minimum Gasteiger partial charge on any atom is -0.477 e. The van der Waals surface area contributed by atoms with Crippen molar-refractivity contribution in [3.8, 4) is 0 Å². The normalized spacial score (nSPS) is 24.7. The zero-order valence-corrected chi connectivity index (χ0v) is 10.1. The number of rotatable bonds is 2. The van der Waals surface area contributed by atoms with Gasteiger partial charge in [0.1, 0.15) is 0 Å². The van der Waals surface area contributed by atoms with Crippen LogP contribution in [-0.4, -0.2) is 33.6 Å². The maximum Gasteiger partial charge on any atom is 0.354 e. The molecule has 0 saturated carbocycles. The summed E-state index contributed by atoms with van der Waals surface area (Å²) in [6, 6.07) is 1.77. The third-order valence-electron chi connectivity index (χ3n) is 3.49. The van der Waals surface area contributed by atoms with Gasteiger partial charge in [-0.2, -0.15) is 0 Å². The van der Waals surface area contributed by atoms with Gasteiger partial charge in [0.2, 0.25) is 5.95 Å². The van der Waals surface area contributed by atoms with E-state index >= 15 is 0 Å². The fraction of sp³-hybridized carbons (Fsp3) is 0.583. The second-order valence-electron chi connectivity index (χ2n) is 4.60. The zero-order chi connectivity index (χ0) is 12.4. The fourth-order valence-electron chi connectivity index (χ4n) is 2.22. The van der Waals surface area contributed by atoms with Crippen molar-refractivity contribution in [2.45, 2.75) is 32.7 Å². The van der Waals surface area contributed by atoms with Crippen molar-refractivity contribution in [1.82, 2.24) is 9.97 Å². The minimum absolute atomic E-state index is 0.0560. The van der Waals surface area contributed by atoms with E-state index in [1.165, 1.54) is 18.7 Å². The number of piperidine rings is 1. The van der Waals surface area contributed by atoms with Crippen LogP contribution in [0.25, 0.3) is 0 Å². The molecule has 0 bridgehead atoms. The lowest BCUT2D eigenvalue weighted by molar-refractivity contribution is 0.0690. The molecule has 1 fully saturated rings. The first kappa shape index (κ1) is 11.8. The topological polar surface area (TPSA) is 66.3 Å². The zero-order valence-electron chi connectivity index (χ0n) is 10.1. The van der Waals surface area contributed by atoms with Crippen LogP contribution in [0.5, 0.6) is 0 Å². The maximum absolute atomic E-state index is 10.9. The number of nitrogens with zero attached hydrogens (tertiary/aromatic N) is 3. The molecule has 0 aliphatic carbocycles. The third-order valence-corrected chi connectivity index (χ3v) is 3.49. The Bertz CT molecular complexity index is 422. The Morgan fingerprint density at radius 1 is 1.53 bits per heavy atom. The van der Waals surface area contributed by atoms with Crippen molar-refractivity contribution >= 4 is 11.9 Å². The van der Waals surface area contributed by atoms with Crippen LogP contribution < -0.4 is 4.90 Å². The Hall–Kier alpha value is -1.65. The lowest BCUT2D eigenvalue weighted by atomic mass is 9.92. The molecule has 2 unspecified atom stereocenters. The summed E-state index contributed by atoms with van der Waals surface area (Å²) in [7, 11) is 0. The Morgan fingerprint density at radius 2 is 2.29 bits per heavy atom. The van der Waals surface area contributed by atoms with Gasteiger partial charge < -0.3 is 10.0 Å². The molecule has 5 heteroatoms. The second kappa shape index (κ2) is 4.69. The summed E-state index contributed by atoms with van der Waals surface area (Å²) in [5.74, 6) is 0.108. The first-order valence-electron chi connectivity index (χ1n) is 5.92. The summed E-state index contributed by atoms with van der Waals surface area (Å²) >= 11 is 0. The van der Waals surface area contributed by atoms with E-state index in [0.29, 0.717) is 17.9 Å². The summed E-state index contributed by atoms with van der Waals surface area (Å²) in [5, 5.41) is 8.92. The van der Waals surface area contributed by atoms with Gasteiger partial charge in [-0.3, -0.25) is 0 Å². The molecule has 1 aromatic heterocycles. The van der Waals surface area contributed by atoms with E-state index in [1.807, 2.05) is 0 Å². The number of hydrogen-bond acceptors (Lipinski definition) is 4. The molecular weight excluding hydrogens is 218 g/mol. The molecule has 1 N–H and O–H groups in total. The van der Waals surface area contributed by atoms with Crippen molar-refractivity contribution in [3.05, 3.63) is 18.0 Å². The van der Waals surface area contributed by atoms with E-state index in [2.05, 4.69) is 28.7 Å². The Labute approximate surface area is 100 Å². The molecule has 5 nitrogen and oxygen atoms in total. The van der Waals surface area contributed by atoms with Crippen LogP contribution in [0.15, 0.2) is 12.3 Å². The molecule has 2 rings (SSSR count). The highest BCUT2D eigenvalue weighted by Crippen LogP contribution is 2.25. The molecule has 0 spiro atoms. The number of anilines is 1. The molecule has 2 atom stereocenters. The highest BCUT2D eigenvalue weighted by Gasteiger charge is 2.26. The largest absolute Gasteiger partial charge is 0.477 e. The summed E-state index contributed by atoms with van der Waals surface area (Å²) < 4.78 is 0. The lowest BCUT2D eigenvalue weighted by Gasteiger charge is -2.37. The smallest absolute Gasteiger partial charge is 0.354 e. The summed E-state index contributed by atoms with van der Waals surface area (Å²) in [5.41, 5.74) is 0.0560. The first-order valence-corrected chi connectivity index (χ1v) is 5.92. The van der Waals surface area contributed by atoms with Crippen LogP contribution in [0.2, 0.25) is 0 Å². The summed E-state index contributed by atoms with van der Waals surface area (Å²) in [4.78, 5) is 21.2. The van der Waals surface area contributed by atoms with Gasteiger partial charge in [0, 0.05) is 18.8 Å². The fourth-order valence-corrected chi connectivity index (χ4v) is 2.22. The van der Waals surface area contributed by atoms with E-state index < -0.39 is 5.97 Å². The Morgan fingerprint density at radius 3 is 3.00 bits per heavy atom. The molecule has 0 aromatic carbocycles. The van der Waals surface area contributed by atoms with Crippen LogP contribution in [0.3, 0.4) is 0 Å². The molecule has 17 heavy (non-hydrogen) atoms. The van der Waals surface area contributed by atoms with Gasteiger partial charge in [-0.25, -0.2) is 14.8 Å². The third kappa shape index (κ3) is 2.38. The van der Waals surface area contributed by atoms with Crippen LogP contribution in [0.4, 0.5) is 5.95 Å². The minimum atomic E-state index is -1.01. The summed E-state index contributed by atoms with van der Waals surface area (Å²) in [6.07, 6.45) is 3.82. The lowest BCUT2D eigenvalue weighted by Crippen LogP contribution is -2.43. The molecule has 0 radical (unpaired) electrons. The van der Waals surface area contributed by atoms with Gasteiger partial charge in [-0.1, -0.05) is 6.92 Å². The highest BCUT2D eigenvalue weighted by molar-refractivity contribution is 5.85. The molecule has 92 valence electrons. The van der Waals surface area contributed by atoms with Gasteiger partial charge in [0.25, 0.3) is 0 Å². The van der Waals surface area contributed by atoms with Crippen molar-refractivity contribution in [1.29, 1.82) is 0 Å². The van der Waals surface area contributed by atoms with Crippen LogP contribution in [0.1, 0.15) is 37.2 Å². The quantitative estimate of drug-likeness (QED) is 0.846. The van der Waals surface area contributed by atoms with E-state index in [0.717, 1.165) is 13.0 Å². The molecule has 1 aliphatic heterocycles. The molecular formula is C12H17N3O2. The number of carboxylic acids is 1. The van der Waals surface area contributed by atoms with Gasteiger partial charge in [-0.15, -0.1) is 0 Å². The van der Waals surface area contributed by atoms with Gasteiger partial charge in [-0.05, 0) is 31.7 Å². The molecule has 1 aromatic rings. The van der Waals surface area contributed by atoms with Crippen LogP contribution in [0, 0.1) is 5.92 Å². The van der Waals surface area contributed by atoms with E-state index in [-0.39, 0.29) is 5.69 Å². The number of hydrogen-bond donors (Lipinski definition) is 1. The SMILES string of the molecule is CC1CCCN(c2nccc(C(=O)O)n2)C1C. The number of aromatic carboxylic acids is 1. The van der Waals surface area contributed by atoms with Crippen molar-refractivity contribution in [3.63, 3.8) is 0 Å².